The molecule has 0 unspecified atom stereocenters. The Hall–Kier alpha value is -0.340. The third kappa shape index (κ3) is 2.43. The second kappa shape index (κ2) is 4.74. The summed E-state index contributed by atoms with van der Waals surface area (Å²) in [7, 11) is 0. The summed E-state index contributed by atoms with van der Waals surface area (Å²) in [6.45, 7) is 7.64. The first kappa shape index (κ1) is 13.1. The molecule has 1 saturated carbocycles. The van der Waals surface area contributed by atoms with Crippen LogP contribution in [0.15, 0.2) is 11.6 Å². The van der Waals surface area contributed by atoms with E-state index in [1.54, 1.807) is 0 Å². The smallest absolute Gasteiger partial charge is 0.0688 e. The van der Waals surface area contributed by atoms with Gasteiger partial charge < -0.3 is 9.84 Å². The van der Waals surface area contributed by atoms with Crippen LogP contribution in [0.4, 0.5) is 0 Å². The van der Waals surface area contributed by atoms with E-state index in [9.17, 15) is 5.11 Å². The summed E-state index contributed by atoms with van der Waals surface area (Å²) in [6.07, 6.45) is 7.98. The van der Waals surface area contributed by atoms with Crippen LogP contribution in [0.2, 0.25) is 0 Å². The van der Waals surface area contributed by atoms with Crippen molar-refractivity contribution in [2.45, 2.75) is 58.5 Å². The fourth-order valence-electron chi connectivity index (χ4n) is 3.45. The Labute approximate surface area is 105 Å². The zero-order valence-electron chi connectivity index (χ0n) is 11.5. The molecule has 3 rings (SSSR count). The Bertz CT molecular complexity index is 294. The van der Waals surface area contributed by atoms with Crippen LogP contribution >= 0.6 is 0 Å². The zero-order valence-corrected chi connectivity index (χ0v) is 11.5. The van der Waals surface area contributed by atoms with Crippen LogP contribution in [0.25, 0.3) is 0 Å². The van der Waals surface area contributed by atoms with E-state index in [2.05, 4.69) is 26.8 Å². The zero-order chi connectivity index (χ0) is 12.5. The van der Waals surface area contributed by atoms with Gasteiger partial charge in [0.05, 0.1) is 18.8 Å². The Morgan fingerprint density at radius 2 is 2.18 bits per heavy atom. The summed E-state index contributed by atoms with van der Waals surface area (Å²) in [5.41, 5.74) is 1.58. The summed E-state index contributed by atoms with van der Waals surface area (Å²) in [5, 5.41) is 9.58. The summed E-state index contributed by atoms with van der Waals surface area (Å²) in [6, 6.07) is 0. The first-order valence-electron chi connectivity index (χ1n) is 6.90. The average Bonchev–Trinajstić information content (AvgIpc) is 2.30. The second-order valence-electron chi connectivity index (χ2n) is 6.42. The topological polar surface area (TPSA) is 29.5 Å². The highest BCUT2D eigenvalue weighted by Gasteiger charge is 2.53. The van der Waals surface area contributed by atoms with Gasteiger partial charge in [-0.3, -0.25) is 0 Å². The molecule has 0 radical (unpaired) electrons. The van der Waals surface area contributed by atoms with Crippen LogP contribution in [0.5, 0.6) is 0 Å². The molecule has 0 aromatic heterocycles. The van der Waals surface area contributed by atoms with Crippen molar-refractivity contribution in [3.8, 4) is 0 Å². The van der Waals surface area contributed by atoms with E-state index in [1.165, 1.54) is 5.57 Å². The van der Waals surface area contributed by atoms with Crippen LogP contribution in [-0.2, 0) is 4.74 Å². The van der Waals surface area contributed by atoms with Crippen molar-refractivity contribution in [3.05, 3.63) is 11.6 Å². The van der Waals surface area contributed by atoms with Crippen LogP contribution in [0, 0.1) is 11.3 Å². The lowest BCUT2D eigenvalue weighted by atomic mass is 9.59. The summed E-state index contributed by atoms with van der Waals surface area (Å²) >= 11 is 0. The predicted octanol–water partition coefficient (Wildman–Crippen LogP) is 3.30. The molecule has 2 heterocycles. The molecule has 98 valence electrons. The highest BCUT2D eigenvalue weighted by molar-refractivity contribution is 5.04. The maximum absolute atomic E-state index is 9.58. The Morgan fingerprint density at radius 3 is 2.65 bits per heavy atom. The van der Waals surface area contributed by atoms with Crippen LogP contribution in [0.3, 0.4) is 0 Å². The van der Waals surface area contributed by atoms with Crippen LogP contribution in [-0.4, -0.2) is 23.9 Å². The van der Waals surface area contributed by atoms with Gasteiger partial charge in [-0.05, 0) is 51.9 Å². The van der Waals surface area contributed by atoms with E-state index in [-0.39, 0.29) is 17.6 Å². The number of allylic oxidation sites excluding steroid dienone is 2. The van der Waals surface area contributed by atoms with Gasteiger partial charge in [0.25, 0.3) is 0 Å². The summed E-state index contributed by atoms with van der Waals surface area (Å²) in [5.74, 6) is 0.599. The predicted molar refractivity (Wildman–Crippen MR) is 69.9 cm³/mol. The number of hydrogen-bond acceptors (Lipinski definition) is 2. The molecule has 17 heavy (non-hydrogen) atoms. The van der Waals surface area contributed by atoms with Crippen molar-refractivity contribution in [3.63, 3.8) is 0 Å². The standard InChI is InChI=1S/C15H26O2/c1-12(2)5-4-6-15-8-7-14(10-16,11-17-15)13(3)9-15/h5,13,16H,4,6-11H2,1-3H3/t13-,14+,15+/m1/s1. The van der Waals surface area contributed by atoms with Crippen molar-refractivity contribution in [2.75, 3.05) is 13.2 Å². The summed E-state index contributed by atoms with van der Waals surface area (Å²) < 4.78 is 6.12. The Balaban J connectivity index is 1.98. The minimum Gasteiger partial charge on any atom is -0.396 e. The molecule has 2 saturated heterocycles. The van der Waals surface area contributed by atoms with Crippen molar-refractivity contribution < 1.29 is 9.84 Å². The van der Waals surface area contributed by atoms with Crippen LogP contribution in [0.1, 0.15) is 52.9 Å². The molecule has 2 heteroatoms. The molecule has 0 spiro atoms. The minimum atomic E-state index is 0.0677. The SMILES string of the molecule is CC(C)=CCC[C@@]12CC[C@](CO)(CO1)[C@H](C)C2. The molecule has 0 aromatic carbocycles. The van der Waals surface area contributed by atoms with Gasteiger partial charge in [0.2, 0.25) is 0 Å². The molecule has 1 aliphatic carbocycles. The molecule has 3 atom stereocenters. The quantitative estimate of drug-likeness (QED) is 0.761. The van der Waals surface area contributed by atoms with E-state index in [1.807, 2.05) is 0 Å². The molecule has 3 fully saturated rings. The van der Waals surface area contributed by atoms with Gasteiger partial charge in [0.15, 0.2) is 0 Å². The number of fused-ring (bicyclic) bond motifs is 3. The number of rotatable bonds is 4. The van der Waals surface area contributed by atoms with Gasteiger partial charge in [-0.25, -0.2) is 0 Å². The molecule has 2 nitrogen and oxygen atoms in total. The van der Waals surface area contributed by atoms with E-state index in [0.717, 1.165) is 38.7 Å². The third-order valence-corrected chi connectivity index (χ3v) is 4.94. The van der Waals surface area contributed by atoms with E-state index in [0.29, 0.717) is 5.92 Å². The first-order valence-corrected chi connectivity index (χ1v) is 6.90. The average molecular weight is 238 g/mol. The van der Waals surface area contributed by atoms with Gasteiger partial charge in [0.1, 0.15) is 0 Å². The highest BCUT2D eigenvalue weighted by atomic mass is 16.5. The number of aliphatic hydroxyl groups is 1. The Morgan fingerprint density at radius 1 is 1.41 bits per heavy atom. The van der Waals surface area contributed by atoms with Gasteiger partial charge in [-0.1, -0.05) is 18.6 Å². The molecule has 2 bridgehead atoms. The minimum absolute atomic E-state index is 0.0677. The lowest BCUT2D eigenvalue weighted by Gasteiger charge is -2.56. The molecule has 0 amide bonds. The lowest BCUT2D eigenvalue weighted by molar-refractivity contribution is -0.220. The van der Waals surface area contributed by atoms with Gasteiger partial charge in [-0.2, -0.15) is 0 Å². The number of hydrogen-bond donors (Lipinski definition) is 1. The third-order valence-electron chi connectivity index (χ3n) is 4.94. The highest BCUT2D eigenvalue weighted by Crippen LogP contribution is 2.53. The van der Waals surface area contributed by atoms with Crippen LogP contribution < -0.4 is 0 Å². The molecule has 3 aliphatic rings. The van der Waals surface area contributed by atoms with Crippen molar-refractivity contribution in [2.24, 2.45) is 11.3 Å². The van der Waals surface area contributed by atoms with E-state index >= 15 is 0 Å². The molecule has 2 aliphatic heterocycles. The van der Waals surface area contributed by atoms with Gasteiger partial charge >= 0.3 is 0 Å². The number of ether oxygens (including phenoxy) is 1. The number of aliphatic hydroxyl groups excluding tert-OH is 1. The molecule has 0 aromatic rings. The fourth-order valence-corrected chi connectivity index (χ4v) is 3.45. The van der Waals surface area contributed by atoms with Crippen molar-refractivity contribution in [1.82, 2.24) is 0 Å². The summed E-state index contributed by atoms with van der Waals surface area (Å²) in [4.78, 5) is 0. The van der Waals surface area contributed by atoms with Crippen molar-refractivity contribution in [1.29, 1.82) is 0 Å². The van der Waals surface area contributed by atoms with E-state index < -0.39 is 0 Å². The molecule has 1 N–H and O–H groups in total. The van der Waals surface area contributed by atoms with Gasteiger partial charge in [-0.15, -0.1) is 0 Å². The maximum Gasteiger partial charge on any atom is 0.0688 e. The first-order chi connectivity index (χ1) is 8.02. The van der Waals surface area contributed by atoms with Crippen molar-refractivity contribution >= 4 is 0 Å². The van der Waals surface area contributed by atoms with Gasteiger partial charge in [0, 0.05) is 5.41 Å². The lowest BCUT2D eigenvalue weighted by Crippen LogP contribution is -2.56. The maximum atomic E-state index is 9.58. The largest absolute Gasteiger partial charge is 0.396 e. The van der Waals surface area contributed by atoms with E-state index in [4.69, 9.17) is 4.74 Å². The molecular formula is C15H26O2. The fraction of sp³-hybridized carbons (Fsp3) is 0.867. The normalized spacial score (nSPS) is 40.4. The Kier molecular flexibility index (Phi) is 3.65. The monoisotopic (exact) mass is 238 g/mol. The second-order valence-corrected chi connectivity index (χ2v) is 6.42. The molecular weight excluding hydrogens is 212 g/mol.